The molecule has 1 saturated carbocycles. The first-order chi connectivity index (χ1) is 7.15. The molecule has 15 heavy (non-hydrogen) atoms. The number of urea groups is 1. The van der Waals surface area contributed by atoms with Gasteiger partial charge in [0.2, 0.25) is 0 Å². The fraction of sp³-hybridized carbons (Fsp3) is 0.300. The first-order valence-corrected chi connectivity index (χ1v) is 4.77. The smallest absolute Gasteiger partial charge is 0.319 e. The first-order valence-electron chi connectivity index (χ1n) is 4.77. The minimum absolute atomic E-state index is 0.105. The Morgan fingerprint density at radius 3 is 2.87 bits per heavy atom. The second-order valence-corrected chi connectivity index (χ2v) is 3.61. The van der Waals surface area contributed by atoms with Crippen LogP contribution in [0.3, 0.4) is 0 Å². The number of anilines is 2. The molecule has 0 bridgehead atoms. The lowest BCUT2D eigenvalue weighted by Gasteiger charge is -2.07. The van der Waals surface area contributed by atoms with Gasteiger partial charge in [0, 0.05) is 11.7 Å². The van der Waals surface area contributed by atoms with Gasteiger partial charge in [0.25, 0.3) is 0 Å². The van der Waals surface area contributed by atoms with Crippen molar-refractivity contribution in [2.75, 3.05) is 11.1 Å². The van der Waals surface area contributed by atoms with Gasteiger partial charge in [0.1, 0.15) is 5.82 Å². The van der Waals surface area contributed by atoms with Gasteiger partial charge in [-0.05, 0) is 31.0 Å². The number of hydrogen-bond acceptors (Lipinski definition) is 2. The monoisotopic (exact) mass is 209 g/mol. The highest BCUT2D eigenvalue weighted by Gasteiger charge is 2.23. The third kappa shape index (κ3) is 2.59. The van der Waals surface area contributed by atoms with E-state index in [0.29, 0.717) is 5.69 Å². The van der Waals surface area contributed by atoms with Gasteiger partial charge in [-0.2, -0.15) is 0 Å². The second-order valence-electron chi connectivity index (χ2n) is 3.61. The highest BCUT2D eigenvalue weighted by Crippen LogP contribution is 2.20. The number of nitrogens with one attached hydrogen (secondary N) is 2. The third-order valence-corrected chi connectivity index (χ3v) is 2.15. The molecule has 4 nitrogen and oxygen atoms in total. The van der Waals surface area contributed by atoms with Crippen LogP contribution in [0.4, 0.5) is 20.6 Å². The largest absolute Gasteiger partial charge is 0.399 e. The molecule has 0 saturated heterocycles. The molecule has 4 N–H and O–H groups in total. The van der Waals surface area contributed by atoms with Crippen molar-refractivity contribution < 1.29 is 9.18 Å². The maximum absolute atomic E-state index is 13.2. The summed E-state index contributed by atoms with van der Waals surface area (Å²) < 4.78 is 13.2. The van der Waals surface area contributed by atoms with E-state index in [-0.39, 0.29) is 17.8 Å². The number of carbonyl (C=O) groups excluding carboxylic acids is 1. The Morgan fingerprint density at radius 2 is 2.20 bits per heavy atom. The van der Waals surface area contributed by atoms with Crippen LogP contribution in [0.2, 0.25) is 0 Å². The number of carbonyl (C=O) groups is 1. The van der Waals surface area contributed by atoms with Gasteiger partial charge in [-0.25, -0.2) is 9.18 Å². The SMILES string of the molecule is Nc1ccc(F)c(NC(=O)NC2CC2)c1. The van der Waals surface area contributed by atoms with Crippen molar-refractivity contribution in [3.8, 4) is 0 Å². The van der Waals surface area contributed by atoms with Crippen molar-refractivity contribution in [2.24, 2.45) is 0 Å². The molecular weight excluding hydrogens is 197 g/mol. The molecule has 0 aliphatic heterocycles. The average Bonchev–Trinajstić information content (AvgIpc) is 2.95. The highest BCUT2D eigenvalue weighted by atomic mass is 19.1. The maximum atomic E-state index is 13.2. The maximum Gasteiger partial charge on any atom is 0.319 e. The predicted octanol–water partition coefficient (Wildman–Crippen LogP) is 1.69. The van der Waals surface area contributed by atoms with E-state index in [2.05, 4.69) is 10.6 Å². The van der Waals surface area contributed by atoms with Gasteiger partial charge in [-0.15, -0.1) is 0 Å². The van der Waals surface area contributed by atoms with E-state index in [1.807, 2.05) is 0 Å². The summed E-state index contributed by atoms with van der Waals surface area (Å²) in [6, 6.07) is 3.92. The molecule has 0 atom stereocenters. The second kappa shape index (κ2) is 3.76. The van der Waals surface area contributed by atoms with Crippen molar-refractivity contribution >= 4 is 17.4 Å². The zero-order chi connectivity index (χ0) is 10.8. The Balaban J connectivity index is 2.01. The van der Waals surface area contributed by atoms with Gasteiger partial charge >= 0.3 is 6.03 Å². The summed E-state index contributed by atoms with van der Waals surface area (Å²) in [5.41, 5.74) is 6.00. The van der Waals surface area contributed by atoms with Crippen LogP contribution in [0, 0.1) is 5.82 Å². The predicted molar refractivity (Wildman–Crippen MR) is 56.0 cm³/mol. The number of hydrogen-bond donors (Lipinski definition) is 3. The summed E-state index contributed by atoms with van der Waals surface area (Å²) in [5, 5.41) is 5.11. The van der Waals surface area contributed by atoms with Crippen LogP contribution >= 0.6 is 0 Å². The van der Waals surface area contributed by atoms with Crippen LogP contribution in [-0.2, 0) is 0 Å². The third-order valence-electron chi connectivity index (χ3n) is 2.15. The Labute approximate surface area is 86.7 Å². The quantitative estimate of drug-likeness (QED) is 0.649. The van der Waals surface area contributed by atoms with Crippen molar-refractivity contribution in [1.82, 2.24) is 5.32 Å². The van der Waals surface area contributed by atoms with E-state index in [4.69, 9.17) is 5.73 Å². The van der Waals surface area contributed by atoms with Crippen LogP contribution in [0.15, 0.2) is 18.2 Å². The topological polar surface area (TPSA) is 67.1 Å². The number of benzene rings is 1. The van der Waals surface area contributed by atoms with Crippen LogP contribution in [0.5, 0.6) is 0 Å². The summed E-state index contributed by atoms with van der Waals surface area (Å²) in [7, 11) is 0. The summed E-state index contributed by atoms with van der Waals surface area (Å²) in [6.45, 7) is 0. The molecule has 0 spiro atoms. The zero-order valence-electron chi connectivity index (χ0n) is 8.09. The van der Waals surface area contributed by atoms with Gasteiger partial charge in [-0.3, -0.25) is 0 Å². The van der Waals surface area contributed by atoms with E-state index in [9.17, 15) is 9.18 Å². The number of amides is 2. The van der Waals surface area contributed by atoms with Crippen molar-refractivity contribution in [2.45, 2.75) is 18.9 Å². The lowest BCUT2D eigenvalue weighted by Crippen LogP contribution is -2.30. The number of halogens is 1. The van der Waals surface area contributed by atoms with Gasteiger partial charge in [0.15, 0.2) is 0 Å². The molecular formula is C10H12FN3O. The molecule has 5 heteroatoms. The Bertz CT molecular complexity index is 390. The summed E-state index contributed by atoms with van der Waals surface area (Å²) >= 11 is 0. The number of nitrogen functional groups attached to an aromatic ring is 1. The Hall–Kier alpha value is -1.78. The van der Waals surface area contributed by atoms with E-state index >= 15 is 0 Å². The molecule has 2 rings (SSSR count). The lowest BCUT2D eigenvalue weighted by molar-refractivity contribution is 0.251. The van der Waals surface area contributed by atoms with Crippen molar-refractivity contribution in [3.63, 3.8) is 0 Å². The molecule has 1 aromatic carbocycles. The Kier molecular flexibility index (Phi) is 2.45. The fourth-order valence-electron chi connectivity index (χ4n) is 1.21. The van der Waals surface area contributed by atoms with Crippen molar-refractivity contribution in [1.29, 1.82) is 0 Å². The van der Waals surface area contributed by atoms with Crippen molar-refractivity contribution in [3.05, 3.63) is 24.0 Å². The van der Waals surface area contributed by atoms with Gasteiger partial charge in [0.05, 0.1) is 5.69 Å². The van der Waals surface area contributed by atoms with E-state index in [1.165, 1.54) is 18.2 Å². The summed E-state index contributed by atoms with van der Waals surface area (Å²) in [6.07, 6.45) is 1.99. The molecule has 2 amide bonds. The molecule has 1 aliphatic rings. The molecule has 80 valence electrons. The lowest BCUT2D eigenvalue weighted by atomic mass is 10.2. The van der Waals surface area contributed by atoms with Gasteiger partial charge < -0.3 is 16.4 Å². The first kappa shape index (κ1) is 9.76. The summed E-state index contributed by atoms with van der Waals surface area (Å²) in [5.74, 6) is -0.491. The number of rotatable bonds is 2. The molecule has 0 radical (unpaired) electrons. The summed E-state index contributed by atoms with van der Waals surface area (Å²) in [4.78, 5) is 11.3. The van der Waals surface area contributed by atoms with Crippen LogP contribution in [-0.4, -0.2) is 12.1 Å². The van der Waals surface area contributed by atoms with E-state index in [1.54, 1.807) is 0 Å². The average molecular weight is 209 g/mol. The highest BCUT2D eigenvalue weighted by molar-refractivity contribution is 5.90. The minimum atomic E-state index is -0.491. The zero-order valence-corrected chi connectivity index (χ0v) is 8.09. The molecule has 1 aromatic rings. The van der Waals surface area contributed by atoms with Gasteiger partial charge in [-0.1, -0.05) is 0 Å². The standard InChI is InChI=1S/C10H12FN3O/c11-8-4-1-6(12)5-9(8)14-10(15)13-7-2-3-7/h1,4-5,7H,2-3,12H2,(H2,13,14,15). The minimum Gasteiger partial charge on any atom is -0.399 e. The molecule has 1 fully saturated rings. The molecule has 0 aromatic heterocycles. The number of nitrogens with two attached hydrogens (primary N) is 1. The Morgan fingerprint density at radius 1 is 1.47 bits per heavy atom. The molecule has 0 heterocycles. The fourth-order valence-corrected chi connectivity index (χ4v) is 1.21. The molecule has 1 aliphatic carbocycles. The normalized spacial score (nSPS) is 14.7. The molecule has 0 unspecified atom stereocenters. The van der Waals surface area contributed by atoms with Crippen LogP contribution in [0.25, 0.3) is 0 Å². The van der Waals surface area contributed by atoms with Crippen LogP contribution in [0.1, 0.15) is 12.8 Å². The van der Waals surface area contributed by atoms with Crippen LogP contribution < -0.4 is 16.4 Å². The van der Waals surface area contributed by atoms with E-state index < -0.39 is 5.82 Å². The van der Waals surface area contributed by atoms with E-state index in [0.717, 1.165) is 12.8 Å².